The molecule has 0 aromatic rings. The van der Waals surface area contributed by atoms with Crippen LogP contribution in [-0.2, 0) is 0 Å². The van der Waals surface area contributed by atoms with E-state index in [1.165, 1.54) is 6.07 Å². The van der Waals surface area contributed by atoms with Gasteiger partial charge >= 0.3 is 0 Å². The van der Waals surface area contributed by atoms with Crippen LogP contribution in [0.5, 0.6) is 0 Å². The van der Waals surface area contributed by atoms with E-state index in [-0.39, 0.29) is 5.43 Å². The van der Waals surface area contributed by atoms with E-state index in [0.717, 1.165) is 11.3 Å². The molecule has 2 rings (SSSR count). The van der Waals surface area contributed by atoms with Crippen LogP contribution in [0.1, 0.15) is 0 Å². The van der Waals surface area contributed by atoms with Crippen molar-refractivity contribution in [3.8, 4) is 11.3 Å². The summed E-state index contributed by atoms with van der Waals surface area (Å²) in [5.41, 5.74) is 1.75. The molecular weight excluding hydrogens is 150 g/mol. The molecule has 0 N–H and O–H groups in total. The zero-order chi connectivity index (χ0) is 8.39. The summed E-state index contributed by atoms with van der Waals surface area (Å²) in [6.45, 7) is 0. The Kier molecular flexibility index (Phi) is 1.59. The molecule has 2 aliphatic rings. The largest absolute Gasteiger partial charge is 0.290 e. The highest BCUT2D eigenvalue weighted by molar-refractivity contribution is 5.58. The molecule has 0 saturated carbocycles. The molecule has 0 spiro atoms. The van der Waals surface area contributed by atoms with Gasteiger partial charge in [-0.15, -0.1) is 0 Å². The standard InChI is InChI=1S/C10H7NO/c12-9-4-5-10-8(7-9)3-1-2-6-11-10/h1-7H. The summed E-state index contributed by atoms with van der Waals surface area (Å²) in [6, 6.07) is 10.4. The Balaban J connectivity index is 2.82. The summed E-state index contributed by atoms with van der Waals surface area (Å²) in [4.78, 5) is 15.1. The van der Waals surface area contributed by atoms with Gasteiger partial charge in [0.2, 0.25) is 0 Å². The monoisotopic (exact) mass is 157 g/mol. The van der Waals surface area contributed by atoms with Crippen LogP contribution in [0.2, 0.25) is 0 Å². The highest BCUT2D eigenvalue weighted by Crippen LogP contribution is 2.13. The zero-order valence-electron chi connectivity index (χ0n) is 6.40. The fourth-order valence-corrected chi connectivity index (χ4v) is 1.12. The lowest BCUT2D eigenvalue weighted by molar-refractivity contribution is 1.35. The van der Waals surface area contributed by atoms with Gasteiger partial charge in [0.15, 0.2) is 5.43 Å². The minimum Gasteiger partial charge on any atom is -0.290 e. The maximum atomic E-state index is 11.0. The van der Waals surface area contributed by atoms with Crippen LogP contribution < -0.4 is 5.43 Å². The second-order valence-corrected chi connectivity index (χ2v) is 2.55. The van der Waals surface area contributed by atoms with E-state index in [1.54, 1.807) is 18.3 Å². The van der Waals surface area contributed by atoms with Gasteiger partial charge in [-0.05, 0) is 24.3 Å². The molecule has 2 heteroatoms. The SMILES string of the molecule is O=c1ccc2nccccc-2c1. The van der Waals surface area contributed by atoms with Crippen LogP contribution in [0, 0.1) is 0 Å². The molecule has 0 amide bonds. The van der Waals surface area contributed by atoms with Crippen molar-refractivity contribution >= 4 is 0 Å². The van der Waals surface area contributed by atoms with E-state index in [2.05, 4.69) is 4.98 Å². The average Bonchev–Trinajstić information content (AvgIpc) is 2.28. The number of aromatic nitrogens is 1. The van der Waals surface area contributed by atoms with Crippen LogP contribution in [0.4, 0.5) is 0 Å². The maximum absolute atomic E-state index is 11.0. The summed E-state index contributed by atoms with van der Waals surface area (Å²) < 4.78 is 0. The maximum Gasteiger partial charge on any atom is 0.179 e. The van der Waals surface area contributed by atoms with Crippen LogP contribution in [0.3, 0.4) is 0 Å². The fourth-order valence-electron chi connectivity index (χ4n) is 1.12. The molecule has 0 radical (unpaired) electrons. The molecule has 0 unspecified atom stereocenters. The summed E-state index contributed by atoms with van der Waals surface area (Å²) in [5, 5.41) is 0. The van der Waals surface area contributed by atoms with Crippen LogP contribution in [0.25, 0.3) is 11.3 Å². The lowest BCUT2D eigenvalue weighted by atomic mass is 10.1. The van der Waals surface area contributed by atoms with E-state index in [0.29, 0.717) is 0 Å². The first-order valence-electron chi connectivity index (χ1n) is 3.71. The predicted octanol–water partition coefficient (Wildman–Crippen LogP) is 1.55. The third-order valence-electron chi connectivity index (χ3n) is 1.69. The second kappa shape index (κ2) is 2.74. The predicted molar refractivity (Wildman–Crippen MR) is 47.1 cm³/mol. The fraction of sp³-hybridized carbons (Fsp3) is 0. The van der Waals surface area contributed by atoms with E-state index >= 15 is 0 Å². The number of benzene rings is 1. The van der Waals surface area contributed by atoms with Gasteiger partial charge in [-0.25, -0.2) is 0 Å². The number of rotatable bonds is 0. The summed E-state index contributed by atoms with van der Waals surface area (Å²) >= 11 is 0. The van der Waals surface area contributed by atoms with Crippen molar-refractivity contribution < 1.29 is 0 Å². The molecule has 0 saturated heterocycles. The molecule has 58 valence electrons. The van der Waals surface area contributed by atoms with Crippen molar-refractivity contribution in [1.29, 1.82) is 0 Å². The van der Waals surface area contributed by atoms with Gasteiger partial charge < -0.3 is 0 Å². The van der Waals surface area contributed by atoms with E-state index in [4.69, 9.17) is 0 Å². The molecular formula is C10H7NO. The topological polar surface area (TPSA) is 30.0 Å². The van der Waals surface area contributed by atoms with Gasteiger partial charge in [0.25, 0.3) is 0 Å². The lowest BCUT2D eigenvalue weighted by Crippen LogP contribution is -1.96. The number of nitrogens with zero attached hydrogens (tertiary/aromatic N) is 1. The Labute approximate surface area is 69.9 Å². The Hall–Kier alpha value is -1.70. The van der Waals surface area contributed by atoms with Gasteiger partial charge in [0, 0.05) is 11.8 Å². The van der Waals surface area contributed by atoms with Crippen LogP contribution in [-0.4, -0.2) is 4.98 Å². The van der Waals surface area contributed by atoms with Gasteiger partial charge in [-0.1, -0.05) is 12.1 Å². The van der Waals surface area contributed by atoms with Crippen molar-refractivity contribution in [3.05, 3.63) is 52.8 Å². The van der Waals surface area contributed by atoms with Gasteiger partial charge in [0.05, 0.1) is 5.69 Å². The van der Waals surface area contributed by atoms with Gasteiger partial charge in [0.1, 0.15) is 0 Å². The van der Waals surface area contributed by atoms with Gasteiger partial charge in [-0.2, -0.15) is 0 Å². The Morgan fingerprint density at radius 1 is 1.08 bits per heavy atom. The number of hydrogen-bond donors (Lipinski definition) is 0. The Bertz CT molecular complexity index is 425. The van der Waals surface area contributed by atoms with Crippen molar-refractivity contribution in [3.63, 3.8) is 0 Å². The molecule has 0 bridgehead atoms. The third-order valence-corrected chi connectivity index (χ3v) is 1.69. The normalized spacial score (nSPS) is 10.0. The van der Waals surface area contributed by atoms with E-state index in [1.807, 2.05) is 18.2 Å². The molecule has 0 atom stereocenters. The Morgan fingerprint density at radius 3 is 2.92 bits per heavy atom. The quantitative estimate of drug-likeness (QED) is 0.580. The zero-order valence-corrected chi connectivity index (χ0v) is 6.40. The second-order valence-electron chi connectivity index (χ2n) is 2.55. The minimum absolute atomic E-state index is 0.0236. The van der Waals surface area contributed by atoms with Crippen molar-refractivity contribution in [2.24, 2.45) is 0 Å². The molecule has 1 aliphatic carbocycles. The molecule has 0 aromatic heterocycles. The summed E-state index contributed by atoms with van der Waals surface area (Å²) in [5.74, 6) is 0. The third kappa shape index (κ3) is 1.19. The van der Waals surface area contributed by atoms with Crippen molar-refractivity contribution in [2.75, 3.05) is 0 Å². The number of hydrogen-bond acceptors (Lipinski definition) is 2. The van der Waals surface area contributed by atoms with Crippen LogP contribution >= 0.6 is 0 Å². The van der Waals surface area contributed by atoms with E-state index < -0.39 is 0 Å². The molecule has 12 heavy (non-hydrogen) atoms. The van der Waals surface area contributed by atoms with Crippen molar-refractivity contribution in [2.45, 2.75) is 0 Å². The number of fused-ring (bicyclic) bond motifs is 1. The first-order chi connectivity index (χ1) is 5.86. The van der Waals surface area contributed by atoms with Gasteiger partial charge in [-0.3, -0.25) is 9.78 Å². The molecule has 1 heterocycles. The molecule has 0 aromatic carbocycles. The summed E-state index contributed by atoms with van der Waals surface area (Å²) in [6.07, 6.45) is 1.72. The first-order valence-corrected chi connectivity index (χ1v) is 3.71. The highest BCUT2D eigenvalue weighted by atomic mass is 16.1. The highest BCUT2D eigenvalue weighted by Gasteiger charge is 1.98. The lowest BCUT2D eigenvalue weighted by Gasteiger charge is -1.94. The molecule has 0 fully saturated rings. The molecule has 2 nitrogen and oxygen atoms in total. The smallest absolute Gasteiger partial charge is 0.179 e. The van der Waals surface area contributed by atoms with Crippen LogP contribution in [0.15, 0.2) is 47.4 Å². The molecule has 1 aliphatic heterocycles. The first kappa shape index (κ1) is 6.98. The summed E-state index contributed by atoms with van der Waals surface area (Å²) in [7, 11) is 0. The van der Waals surface area contributed by atoms with Crippen molar-refractivity contribution in [1.82, 2.24) is 4.98 Å². The van der Waals surface area contributed by atoms with E-state index in [9.17, 15) is 4.79 Å². The Morgan fingerprint density at radius 2 is 2.00 bits per heavy atom. The minimum atomic E-state index is 0.0236. The average molecular weight is 157 g/mol.